The Balaban J connectivity index is 2.25. The molecule has 3 aromatic rings. The van der Waals surface area contributed by atoms with Gasteiger partial charge in [-0.2, -0.15) is 0 Å². The highest BCUT2D eigenvalue weighted by atomic mass is 19.3. The molecule has 0 aromatic carbocycles. The average molecular weight is 357 g/mol. The molecule has 0 fully saturated rings. The van der Waals surface area contributed by atoms with Gasteiger partial charge in [-0.1, -0.05) is 6.07 Å². The van der Waals surface area contributed by atoms with E-state index in [0.29, 0.717) is 11.4 Å². The minimum atomic E-state index is -2.80. The van der Waals surface area contributed by atoms with Crippen molar-refractivity contribution in [3.05, 3.63) is 60.2 Å². The number of aromatic nitrogens is 3. The third-order valence-electron chi connectivity index (χ3n) is 3.68. The molecule has 0 atom stereocenters. The molecule has 0 saturated carbocycles. The lowest BCUT2D eigenvalue weighted by Crippen LogP contribution is -2.04. The molecule has 0 aliphatic heterocycles. The zero-order valence-corrected chi connectivity index (χ0v) is 13.6. The second-order valence-corrected chi connectivity index (χ2v) is 5.25. The molecule has 0 saturated heterocycles. The molecule has 0 amide bonds. The van der Waals surface area contributed by atoms with Crippen LogP contribution < -0.4 is 4.74 Å². The van der Waals surface area contributed by atoms with Crippen molar-refractivity contribution in [3.63, 3.8) is 0 Å². The second-order valence-electron chi connectivity index (χ2n) is 5.25. The summed E-state index contributed by atoms with van der Waals surface area (Å²) in [5, 5.41) is 9.47. The molecule has 132 valence electrons. The van der Waals surface area contributed by atoms with Gasteiger partial charge in [0.25, 0.3) is 6.43 Å². The Bertz CT molecular complexity index is 950. The zero-order valence-electron chi connectivity index (χ0n) is 13.6. The maximum absolute atomic E-state index is 13.1. The Labute approximate surface area is 147 Å². The number of carbonyl (C=O) groups is 1. The Morgan fingerprint density at radius 2 is 1.88 bits per heavy atom. The lowest BCUT2D eigenvalue weighted by molar-refractivity contribution is 0.0697. The van der Waals surface area contributed by atoms with Gasteiger partial charge < -0.3 is 9.84 Å². The van der Waals surface area contributed by atoms with Crippen LogP contribution in [0.3, 0.4) is 0 Å². The minimum absolute atomic E-state index is 0.144. The van der Waals surface area contributed by atoms with Gasteiger partial charge >= 0.3 is 5.97 Å². The van der Waals surface area contributed by atoms with Gasteiger partial charge in [0, 0.05) is 23.5 Å². The van der Waals surface area contributed by atoms with E-state index in [2.05, 4.69) is 15.0 Å². The maximum Gasteiger partial charge on any atom is 0.337 e. The molecule has 3 rings (SSSR count). The third-order valence-corrected chi connectivity index (χ3v) is 3.68. The van der Waals surface area contributed by atoms with E-state index in [1.165, 1.54) is 19.4 Å². The first-order valence-corrected chi connectivity index (χ1v) is 7.48. The summed E-state index contributed by atoms with van der Waals surface area (Å²) in [6, 6.07) is 7.81. The highest BCUT2D eigenvalue weighted by Gasteiger charge is 2.20. The summed E-state index contributed by atoms with van der Waals surface area (Å²) in [5.41, 5.74) is 0.683. The van der Waals surface area contributed by atoms with Gasteiger partial charge in [0.15, 0.2) is 0 Å². The number of pyridine rings is 3. The number of rotatable bonds is 5. The SMILES string of the molecule is COc1cnc(C(F)F)cc1-c1cc(-c2ccccn2)ncc1C(=O)O. The minimum Gasteiger partial charge on any atom is -0.494 e. The summed E-state index contributed by atoms with van der Waals surface area (Å²) in [7, 11) is 1.35. The Morgan fingerprint density at radius 1 is 1.08 bits per heavy atom. The van der Waals surface area contributed by atoms with Gasteiger partial charge in [-0.25, -0.2) is 13.6 Å². The highest BCUT2D eigenvalue weighted by Crippen LogP contribution is 2.35. The lowest BCUT2D eigenvalue weighted by Gasteiger charge is -2.13. The first-order valence-electron chi connectivity index (χ1n) is 7.48. The van der Waals surface area contributed by atoms with E-state index in [0.717, 1.165) is 12.3 Å². The summed E-state index contributed by atoms with van der Waals surface area (Å²) in [5.74, 6) is -1.06. The van der Waals surface area contributed by atoms with Crippen LogP contribution in [0, 0.1) is 0 Å². The zero-order chi connectivity index (χ0) is 18.7. The molecular weight excluding hydrogens is 344 g/mol. The van der Waals surface area contributed by atoms with E-state index in [1.54, 1.807) is 24.4 Å². The average Bonchev–Trinajstić information content (AvgIpc) is 2.67. The molecular formula is C18H13F2N3O3. The molecule has 1 N–H and O–H groups in total. The van der Waals surface area contributed by atoms with E-state index in [4.69, 9.17) is 4.74 Å². The molecule has 26 heavy (non-hydrogen) atoms. The Kier molecular flexibility index (Phi) is 4.83. The predicted molar refractivity (Wildman–Crippen MR) is 89.2 cm³/mol. The smallest absolute Gasteiger partial charge is 0.337 e. The van der Waals surface area contributed by atoms with Gasteiger partial charge in [0.1, 0.15) is 11.4 Å². The summed E-state index contributed by atoms with van der Waals surface area (Å²) in [6.45, 7) is 0. The van der Waals surface area contributed by atoms with Crippen molar-refractivity contribution in [2.24, 2.45) is 0 Å². The van der Waals surface area contributed by atoms with Crippen molar-refractivity contribution in [1.29, 1.82) is 0 Å². The predicted octanol–water partition coefficient (Wildman–Crippen LogP) is 3.85. The molecule has 3 heterocycles. The molecule has 0 aliphatic rings. The van der Waals surface area contributed by atoms with Crippen LogP contribution in [0.1, 0.15) is 22.5 Å². The van der Waals surface area contributed by atoms with Crippen molar-refractivity contribution < 1.29 is 23.4 Å². The molecule has 8 heteroatoms. The van der Waals surface area contributed by atoms with Gasteiger partial charge in [0.05, 0.1) is 30.3 Å². The lowest BCUT2D eigenvalue weighted by atomic mass is 9.99. The van der Waals surface area contributed by atoms with Crippen molar-refractivity contribution in [2.45, 2.75) is 6.43 Å². The number of ether oxygens (including phenoxy) is 1. The topological polar surface area (TPSA) is 85.2 Å². The number of hydrogen-bond acceptors (Lipinski definition) is 5. The standard InChI is InChI=1S/C18H13F2N3O3/c1-26-16-9-23-15(17(19)20)7-11(16)10-6-14(13-4-2-3-5-21-13)22-8-12(10)18(24)25/h2-9,17H,1H3,(H,24,25). The second kappa shape index (κ2) is 7.22. The number of carboxylic acid groups (broad SMARTS) is 1. The van der Waals surface area contributed by atoms with Crippen LogP contribution in [-0.2, 0) is 0 Å². The number of nitrogens with zero attached hydrogens (tertiary/aromatic N) is 3. The number of alkyl halides is 2. The fourth-order valence-electron chi connectivity index (χ4n) is 2.45. The molecule has 0 spiro atoms. The largest absolute Gasteiger partial charge is 0.494 e. The quantitative estimate of drug-likeness (QED) is 0.746. The first-order chi connectivity index (χ1) is 12.5. The summed E-state index contributed by atoms with van der Waals surface area (Å²) in [6.07, 6.45) is 1.08. The number of methoxy groups -OCH3 is 1. The van der Waals surface area contributed by atoms with E-state index in [-0.39, 0.29) is 22.4 Å². The van der Waals surface area contributed by atoms with Crippen LogP contribution in [0.25, 0.3) is 22.5 Å². The van der Waals surface area contributed by atoms with E-state index < -0.39 is 18.1 Å². The number of carboxylic acids is 1. The Hall–Kier alpha value is -3.42. The van der Waals surface area contributed by atoms with Crippen LogP contribution >= 0.6 is 0 Å². The maximum atomic E-state index is 13.1. The fraction of sp³-hybridized carbons (Fsp3) is 0.111. The Morgan fingerprint density at radius 3 is 2.50 bits per heavy atom. The summed E-state index contributed by atoms with van der Waals surface area (Å²) >= 11 is 0. The van der Waals surface area contributed by atoms with Crippen LogP contribution in [-0.4, -0.2) is 33.1 Å². The number of hydrogen-bond donors (Lipinski definition) is 1. The fourth-order valence-corrected chi connectivity index (χ4v) is 2.45. The van der Waals surface area contributed by atoms with E-state index in [1.807, 2.05) is 0 Å². The first kappa shape index (κ1) is 17.4. The van der Waals surface area contributed by atoms with Crippen molar-refractivity contribution in [1.82, 2.24) is 15.0 Å². The highest BCUT2D eigenvalue weighted by molar-refractivity contribution is 5.97. The molecule has 0 aliphatic carbocycles. The molecule has 3 aromatic heterocycles. The van der Waals surface area contributed by atoms with Crippen molar-refractivity contribution in [2.75, 3.05) is 7.11 Å². The van der Waals surface area contributed by atoms with Gasteiger partial charge in [-0.3, -0.25) is 15.0 Å². The van der Waals surface area contributed by atoms with Crippen LogP contribution in [0.4, 0.5) is 8.78 Å². The molecule has 0 bridgehead atoms. The normalized spacial score (nSPS) is 10.8. The summed E-state index contributed by atoms with van der Waals surface area (Å²) in [4.78, 5) is 23.5. The third kappa shape index (κ3) is 3.34. The number of halogens is 2. The summed E-state index contributed by atoms with van der Waals surface area (Å²) < 4.78 is 31.3. The monoisotopic (exact) mass is 357 g/mol. The van der Waals surface area contributed by atoms with Crippen molar-refractivity contribution in [3.8, 4) is 28.3 Å². The van der Waals surface area contributed by atoms with Gasteiger partial charge in [-0.05, 0) is 24.3 Å². The van der Waals surface area contributed by atoms with Crippen LogP contribution in [0.5, 0.6) is 5.75 Å². The molecule has 0 radical (unpaired) electrons. The van der Waals surface area contributed by atoms with E-state index in [9.17, 15) is 18.7 Å². The van der Waals surface area contributed by atoms with E-state index >= 15 is 0 Å². The van der Waals surface area contributed by atoms with Crippen LogP contribution in [0.15, 0.2) is 48.9 Å². The van der Waals surface area contributed by atoms with Gasteiger partial charge in [-0.15, -0.1) is 0 Å². The van der Waals surface area contributed by atoms with Crippen molar-refractivity contribution >= 4 is 5.97 Å². The number of aromatic carboxylic acids is 1. The van der Waals surface area contributed by atoms with Gasteiger partial charge in [0.2, 0.25) is 0 Å². The molecule has 0 unspecified atom stereocenters. The van der Waals surface area contributed by atoms with Crippen LogP contribution in [0.2, 0.25) is 0 Å². The molecule has 6 nitrogen and oxygen atoms in total.